The molecule has 0 aliphatic rings. The molecule has 0 fully saturated rings. The Morgan fingerprint density at radius 1 is 1.26 bits per heavy atom. The lowest BCUT2D eigenvalue weighted by Gasteiger charge is -2.20. The van der Waals surface area contributed by atoms with Gasteiger partial charge < -0.3 is 19.2 Å². The van der Waals surface area contributed by atoms with Crippen LogP contribution in [0.4, 0.5) is 5.69 Å². The Balaban J connectivity index is 1.67. The molecule has 1 aromatic carbocycles. The van der Waals surface area contributed by atoms with E-state index in [0.717, 1.165) is 5.16 Å². The molecule has 3 rings (SSSR count). The highest BCUT2D eigenvalue weighted by Gasteiger charge is 2.19. The predicted octanol–water partition coefficient (Wildman–Crippen LogP) is 2.70. The van der Waals surface area contributed by atoms with Crippen LogP contribution in [0.1, 0.15) is 16.1 Å². The van der Waals surface area contributed by atoms with Crippen LogP contribution in [0.15, 0.2) is 64.6 Å². The smallest absolute Gasteiger partial charge is 0.253 e. The second kappa shape index (κ2) is 8.59. The number of rotatable bonds is 7. The highest BCUT2D eigenvalue weighted by molar-refractivity contribution is 7.99. The third kappa shape index (κ3) is 4.59. The van der Waals surface area contributed by atoms with Crippen LogP contribution in [0.2, 0.25) is 0 Å². The number of thioether (sulfide) groups is 1. The molecular formula is C19H20N4O3S. The number of furan rings is 1. The molecule has 2 amide bonds. The highest BCUT2D eigenvalue weighted by Crippen LogP contribution is 2.22. The maximum atomic E-state index is 12.6. The molecule has 0 saturated heterocycles. The number of anilines is 1. The largest absolute Gasteiger partial charge is 0.467 e. The van der Waals surface area contributed by atoms with E-state index in [0.29, 0.717) is 17.0 Å². The van der Waals surface area contributed by atoms with E-state index >= 15 is 0 Å². The minimum atomic E-state index is -0.265. The van der Waals surface area contributed by atoms with Crippen LogP contribution in [0.25, 0.3) is 0 Å². The second-order valence-corrected chi connectivity index (χ2v) is 6.78. The van der Waals surface area contributed by atoms with E-state index in [2.05, 4.69) is 10.3 Å². The molecular weight excluding hydrogens is 364 g/mol. The Kier molecular flexibility index (Phi) is 5.97. The summed E-state index contributed by atoms with van der Waals surface area (Å²) in [6.07, 6.45) is 5.07. The van der Waals surface area contributed by atoms with Gasteiger partial charge in [0.15, 0.2) is 5.16 Å². The van der Waals surface area contributed by atoms with Gasteiger partial charge in [-0.1, -0.05) is 23.9 Å². The standard InChI is InChI=1S/C19H20N4O3S/c1-22-10-9-20-19(22)27-13-17(24)23(2)16-8-4-3-7-15(16)18(25)21-12-14-6-5-11-26-14/h3-11H,12-13H2,1-2H3,(H,21,25). The van der Waals surface area contributed by atoms with Crippen LogP contribution in [0.3, 0.4) is 0 Å². The second-order valence-electron chi connectivity index (χ2n) is 5.84. The van der Waals surface area contributed by atoms with Crippen molar-refractivity contribution in [3.8, 4) is 0 Å². The van der Waals surface area contributed by atoms with Gasteiger partial charge in [0.25, 0.3) is 5.91 Å². The number of hydrogen-bond acceptors (Lipinski definition) is 5. The van der Waals surface area contributed by atoms with Gasteiger partial charge in [0.2, 0.25) is 5.91 Å². The first-order valence-corrected chi connectivity index (χ1v) is 9.31. The lowest BCUT2D eigenvalue weighted by Crippen LogP contribution is -2.31. The first-order valence-electron chi connectivity index (χ1n) is 8.32. The molecule has 27 heavy (non-hydrogen) atoms. The molecule has 1 N–H and O–H groups in total. The Morgan fingerprint density at radius 3 is 2.78 bits per heavy atom. The van der Waals surface area contributed by atoms with Crippen LogP contribution >= 0.6 is 11.8 Å². The average Bonchev–Trinajstić information content (AvgIpc) is 3.35. The van der Waals surface area contributed by atoms with Crippen molar-refractivity contribution in [3.05, 3.63) is 66.4 Å². The Bertz CT molecular complexity index is 921. The molecule has 0 atom stereocenters. The summed E-state index contributed by atoms with van der Waals surface area (Å²) in [6, 6.07) is 10.6. The number of benzene rings is 1. The van der Waals surface area contributed by atoms with Gasteiger partial charge in [-0.05, 0) is 24.3 Å². The molecule has 0 aliphatic carbocycles. The van der Waals surface area contributed by atoms with E-state index in [9.17, 15) is 9.59 Å². The molecule has 0 bridgehead atoms. The fourth-order valence-corrected chi connectivity index (χ4v) is 3.33. The van der Waals surface area contributed by atoms with E-state index in [1.54, 1.807) is 55.9 Å². The Labute approximate surface area is 161 Å². The normalized spacial score (nSPS) is 10.6. The molecule has 8 heteroatoms. The lowest BCUT2D eigenvalue weighted by molar-refractivity contribution is -0.115. The summed E-state index contributed by atoms with van der Waals surface area (Å²) in [5.41, 5.74) is 0.988. The number of amides is 2. The average molecular weight is 384 g/mol. The van der Waals surface area contributed by atoms with E-state index < -0.39 is 0 Å². The molecule has 2 aromatic heterocycles. The van der Waals surface area contributed by atoms with Crippen molar-refractivity contribution < 1.29 is 14.0 Å². The summed E-state index contributed by atoms with van der Waals surface area (Å²) in [4.78, 5) is 30.9. The SMILES string of the molecule is CN(C(=O)CSc1nccn1C)c1ccccc1C(=O)NCc1ccco1. The van der Waals surface area contributed by atoms with Crippen molar-refractivity contribution in [2.24, 2.45) is 7.05 Å². The first-order chi connectivity index (χ1) is 13.1. The third-order valence-corrected chi connectivity index (χ3v) is 5.03. The summed E-state index contributed by atoms with van der Waals surface area (Å²) < 4.78 is 7.08. The minimum Gasteiger partial charge on any atom is -0.467 e. The summed E-state index contributed by atoms with van der Waals surface area (Å²) in [5, 5.41) is 3.57. The van der Waals surface area contributed by atoms with Gasteiger partial charge >= 0.3 is 0 Å². The maximum Gasteiger partial charge on any atom is 0.253 e. The van der Waals surface area contributed by atoms with Crippen molar-refractivity contribution in [2.75, 3.05) is 17.7 Å². The van der Waals surface area contributed by atoms with E-state index in [1.807, 2.05) is 17.8 Å². The minimum absolute atomic E-state index is 0.116. The first kappa shape index (κ1) is 18.8. The molecule has 0 radical (unpaired) electrons. The van der Waals surface area contributed by atoms with Crippen LogP contribution < -0.4 is 10.2 Å². The zero-order chi connectivity index (χ0) is 19.2. The number of hydrogen-bond donors (Lipinski definition) is 1. The molecule has 0 unspecified atom stereocenters. The maximum absolute atomic E-state index is 12.6. The molecule has 7 nitrogen and oxygen atoms in total. The van der Waals surface area contributed by atoms with Crippen LogP contribution in [0, 0.1) is 0 Å². The highest BCUT2D eigenvalue weighted by atomic mass is 32.2. The van der Waals surface area contributed by atoms with Gasteiger partial charge in [-0.2, -0.15) is 0 Å². The lowest BCUT2D eigenvalue weighted by atomic mass is 10.1. The topological polar surface area (TPSA) is 80.4 Å². The predicted molar refractivity (Wildman–Crippen MR) is 104 cm³/mol. The van der Waals surface area contributed by atoms with Gasteiger partial charge in [-0.3, -0.25) is 9.59 Å². The fraction of sp³-hybridized carbons (Fsp3) is 0.211. The molecule has 0 aliphatic heterocycles. The number of para-hydroxylation sites is 1. The van der Waals surface area contributed by atoms with E-state index in [4.69, 9.17) is 4.42 Å². The molecule has 3 aromatic rings. The van der Waals surface area contributed by atoms with Gasteiger partial charge in [-0.15, -0.1) is 0 Å². The molecule has 140 valence electrons. The number of aromatic nitrogens is 2. The summed E-state index contributed by atoms with van der Waals surface area (Å²) in [5.74, 6) is 0.508. The summed E-state index contributed by atoms with van der Waals surface area (Å²) >= 11 is 1.36. The van der Waals surface area contributed by atoms with E-state index in [-0.39, 0.29) is 24.1 Å². The zero-order valence-electron chi connectivity index (χ0n) is 15.1. The quantitative estimate of drug-likeness (QED) is 0.634. The van der Waals surface area contributed by atoms with Gasteiger partial charge in [0.05, 0.1) is 29.8 Å². The molecule has 0 spiro atoms. The van der Waals surface area contributed by atoms with Gasteiger partial charge in [0.1, 0.15) is 5.76 Å². The van der Waals surface area contributed by atoms with E-state index in [1.165, 1.54) is 16.7 Å². The molecule has 0 saturated carbocycles. The summed E-state index contributed by atoms with van der Waals surface area (Å²) in [6.45, 7) is 0.285. The van der Waals surface area contributed by atoms with Crippen molar-refractivity contribution in [3.63, 3.8) is 0 Å². The third-order valence-electron chi connectivity index (χ3n) is 3.99. The zero-order valence-corrected chi connectivity index (χ0v) is 15.9. The monoisotopic (exact) mass is 384 g/mol. The molecule has 2 heterocycles. The Morgan fingerprint density at radius 2 is 2.07 bits per heavy atom. The Hall–Kier alpha value is -3.00. The number of nitrogens with zero attached hydrogens (tertiary/aromatic N) is 3. The number of imidazole rings is 1. The number of carbonyl (C=O) groups is 2. The number of aryl methyl sites for hydroxylation is 1. The van der Waals surface area contributed by atoms with Crippen molar-refractivity contribution in [1.82, 2.24) is 14.9 Å². The van der Waals surface area contributed by atoms with Crippen LogP contribution in [-0.4, -0.2) is 34.2 Å². The fourth-order valence-electron chi connectivity index (χ4n) is 2.48. The van der Waals surface area contributed by atoms with Crippen molar-refractivity contribution in [1.29, 1.82) is 0 Å². The van der Waals surface area contributed by atoms with Gasteiger partial charge in [0, 0.05) is 26.5 Å². The van der Waals surface area contributed by atoms with Crippen LogP contribution in [0.5, 0.6) is 0 Å². The number of carbonyl (C=O) groups excluding carboxylic acids is 2. The van der Waals surface area contributed by atoms with Gasteiger partial charge in [-0.25, -0.2) is 4.98 Å². The van der Waals surface area contributed by atoms with Crippen LogP contribution in [-0.2, 0) is 18.4 Å². The number of nitrogens with one attached hydrogen (secondary N) is 1. The van der Waals surface area contributed by atoms with Crippen molar-refractivity contribution >= 4 is 29.3 Å². The summed E-state index contributed by atoms with van der Waals surface area (Å²) in [7, 11) is 3.54. The van der Waals surface area contributed by atoms with Crippen molar-refractivity contribution in [2.45, 2.75) is 11.7 Å².